The number of sulfone groups is 1. The molecule has 1 unspecified atom stereocenters. The first-order valence-corrected chi connectivity index (χ1v) is 8.80. The van der Waals surface area contributed by atoms with Crippen LogP contribution in [0.15, 0.2) is 0 Å². The average molecular weight is 277 g/mol. The smallest absolute Gasteiger partial charge is 0.151 e. The molecule has 0 aliphatic heterocycles. The Morgan fingerprint density at radius 2 is 1.89 bits per heavy atom. The summed E-state index contributed by atoms with van der Waals surface area (Å²) in [5, 5.41) is 12.9. The first-order valence-electron chi connectivity index (χ1n) is 6.98. The molecule has 0 bridgehead atoms. The van der Waals surface area contributed by atoms with Gasteiger partial charge < -0.3 is 10.4 Å². The molecule has 0 heterocycles. The molecule has 4 nitrogen and oxygen atoms in total. The molecular formula is C13H27NO3S. The Hall–Kier alpha value is -0.130. The Labute approximate surface area is 111 Å². The summed E-state index contributed by atoms with van der Waals surface area (Å²) in [5.74, 6) is 0.384. The minimum atomic E-state index is -2.92. The zero-order chi connectivity index (χ0) is 13.6. The largest absolute Gasteiger partial charge is 0.396 e. The lowest BCUT2D eigenvalue weighted by molar-refractivity contribution is 0.0795. The second kappa shape index (κ2) is 6.87. The molecule has 18 heavy (non-hydrogen) atoms. The van der Waals surface area contributed by atoms with Crippen molar-refractivity contribution in [3.8, 4) is 0 Å². The maximum absolute atomic E-state index is 11.5. The monoisotopic (exact) mass is 277 g/mol. The van der Waals surface area contributed by atoms with E-state index in [2.05, 4.69) is 5.32 Å². The van der Waals surface area contributed by atoms with Crippen LogP contribution in [0.25, 0.3) is 0 Å². The van der Waals surface area contributed by atoms with Gasteiger partial charge in [0.1, 0.15) is 0 Å². The van der Waals surface area contributed by atoms with Crippen LogP contribution >= 0.6 is 0 Å². The van der Waals surface area contributed by atoms with Crippen LogP contribution in [0.1, 0.15) is 46.0 Å². The van der Waals surface area contributed by atoms with E-state index in [4.69, 9.17) is 0 Å². The number of hydrogen-bond acceptors (Lipinski definition) is 4. The van der Waals surface area contributed by atoms with Crippen LogP contribution in [0.5, 0.6) is 0 Å². The van der Waals surface area contributed by atoms with Gasteiger partial charge in [-0.2, -0.15) is 0 Å². The molecule has 108 valence electrons. The van der Waals surface area contributed by atoms with Gasteiger partial charge >= 0.3 is 0 Å². The van der Waals surface area contributed by atoms with E-state index in [1.54, 1.807) is 6.92 Å². The van der Waals surface area contributed by atoms with Gasteiger partial charge in [0, 0.05) is 30.4 Å². The second-order valence-electron chi connectivity index (χ2n) is 5.70. The van der Waals surface area contributed by atoms with Crippen LogP contribution in [0, 0.1) is 5.41 Å². The molecule has 0 aromatic carbocycles. The fourth-order valence-corrected chi connectivity index (χ4v) is 3.76. The van der Waals surface area contributed by atoms with E-state index in [-0.39, 0.29) is 29.6 Å². The van der Waals surface area contributed by atoms with Crippen molar-refractivity contribution in [2.24, 2.45) is 5.41 Å². The van der Waals surface area contributed by atoms with Crippen LogP contribution in [0.2, 0.25) is 0 Å². The molecule has 0 aromatic heterocycles. The Bertz CT molecular complexity index is 334. The van der Waals surface area contributed by atoms with Crippen molar-refractivity contribution in [3.05, 3.63) is 0 Å². The van der Waals surface area contributed by atoms with Crippen molar-refractivity contribution >= 4 is 9.84 Å². The van der Waals surface area contributed by atoms with E-state index in [1.165, 1.54) is 19.3 Å². The number of rotatable bonds is 7. The molecule has 0 aromatic rings. The highest BCUT2D eigenvalue weighted by molar-refractivity contribution is 7.91. The minimum Gasteiger partial charge on any atom is -0.396 e. The summed E-state index contributed by atoms with van der Waals surface area (Å²) in [7, 11) is -2.92. The molecule has 1 rings (SSSR count). The maximum Gasteiger partial charge on any atom is 0.151 e. The average Bonchev–Trinajstić information content (AvgIpc) is 2.37. The van der Waals surface area contributed by atoms with Crippen molar-refractivity contribution in [2.45, 2.75) is 52.0 Å². The molecule has 1 aliphatic carbocycles. The third-order valence-corrected chi connectivity index (χ3v) is 5.91. The molecule has 0 saturated heterocycles. The third kappa shape index (κ3) is 4.86. The summed E-state index contributed by atoms with van der Waals surface area (Å²) in [4.78, 5) is 0. The third-order valence-electron chi connectivity index (χ3n) is 4.02. The topological polar surface area (TPSA) is 66.4 Å². The maximum atomic E-state index is 11.5. The van der Waals surface area contributed by atoms with Crippen LogP contribution in [0.3, 0.4) is 0 Å². The van der Waals surface area contributed by atoms with Crippen LogP contribution in [-0.2, 0) is 9.84 Å². The first kappa shape index (κ1) is 15.9. The molecular weight excluding hydrogens is 250 g/mol. The van der Waals surface area contributed by atoms with E-state index in [0.717, 1.165) is 19.4 Å². The highest BCUT2D eigenvalue weighted by Crippen LogP contribution is 2.35. The Balaban J connectivity index is 2.43. The van der Waals surface area contributed by atoms with E-state index in [1.807, 2.05) is 6.92 Å². The summed E-state index contributed by atoms with van der Waals surface area (Å²) >= 11 is 0. The molecule has 1 fully saturated rings. The zero-order valence-electron chi connectivity index (χ0n) is 11.6. The molecule has 0 spiro atoms. The van der Waals surface area contributed by atoms with Gasteiger partial charge in [-0.3, -0.25) is 0 Å². The van der Waals surface area contributed by atoms with Crippen molar-refractivity contribution in [2.75, 3.05) is 24.7 Å². The predicted molar refractivity (Wildman–Crippen MR) is 74.4 cm³/mol. The summed E-state index contributed by atoms with van der Waals surface area (Å²) in [6.45, 7) is 4.51. The summed E-state index contributed by atoms with van der Waals surface area (Å²) in [6.07, 6.45) is 5.68. The van der Waals surface area contributed by atoms with Gasteiger partial charge in [0.15, 0.2) is 9.84 Å². The van der Waals surface area contributed by atoms with Gasteiger partial charge in [-0.25, -0.2) is 8.42 Å². The van der Waals surface area contributed by atoms with Crippen LogP contribution in [-0.4, -0.2) is 44.2 Å². The highest BCUT2D eigenvalue weighted by atomic mass is 32.2. The lowest BCUT2D eigenvalue weighted by Gasteiger charge is -2.36. The first-order chi connectivity index (χ1) is 8.43. The number of nitrogens with one attached hydrogen (secondary N) is 1. The Morgan fingerprint density at radius 3 is 2.39 bits per heavy atom. The Morgan fingerprint density at radius 1 is 1.28 bits per heavy atom. The van der Waals surface area contributed by atoms with E-state index >= 15 is 0 Å². The summed E-state index contributed by atoms with van der Waals surface area (Å²) in [5.41, 5.74) is -0.0253. The van der Waals surface area contributed by atoms with Crippen molar-refractivity contribution in [1.29, 1.82) is 0 Å². The fraction of sp³-hybridized carbons (Fsp3) is 1.00. The second-order valence-corrected chi connectivity index (χ2v) is 8.10. The van der Waals surface area contributed by atoms with Gasteiger partial charge in [0.2, 0.25) is 0 Å². The number of aliphatic hydroxyl groups excluding tert-OH is 1. The number of hydrogen-bond donors (Lipinski definition) is 2. The molecule has 1 atom stereocenters. The molecule has 1 aliphatic rings. The summed E-state index contributed by atoms with van der Waals surface area (Å²) < 4.78 is 23.0. The van der Waals surface area contributed by atoms with Gasteiger partial charge in [0.25, 0.3) is 0 Å². The molecule has 5 heteroatoms. The van der Waals surface area contributed by atoms with Crippen molar-refractivity contribution < 1.29 is 13.5 Å². The lowest BCUT2D eigenvalue weighted by Crippen LogP contribution is -2.44. The van der Waals surface area contributed by atoms with Crippen LogP contribution < -0.4 is 5.32 Å². The molecule has 0 radical (unpaired) electrons. The van der Waals surface area contributed by atoms with Gasteiger partial charge in [-0.05, 0) is 19.8 Å². The summed E-state index contributed by atoms with van der Waals surface area (Å²) in [6, 6.07) is -0.0414. The van der Waals surface area contributed by atoms with Crippen molar-refractivity contribution in [1.82, 2.24) is 5.32 Å². The zero-order valence-corrected chi connectivity index (χ0v) is 12.4. The molecule has 1 saturated carbocycles. The lowest BCUT2D eigenvalue weighted by atomic mass is 9.74. The van der Waals surface area contributed by atoms with E-state index < -0.39 is 9.84 Å². The Kier molecular flexibility index (Phi) is 6.08. The standard InChI is InChI=1S/C13H27NO3S/c1-3-18(16,17)9-12(2)14-10-13(11-15)7-5-4-6-8-13/h12,14-15H,3-11H2,1-2H3. The molecule has 0 amide bonds. The van der Waals surface area contributed by atoms with Gasteiger partial charge in [-0.1, -0.05) is 26.2 Å². The van der Waals surface area contributed by atoms with Gasteiger partial charge in [-0.15, -0.1) is 0 Å². The predicted octanol–water partition coefficient (Wildman–Crippen LogP) is 1.34. The van der Waals surface area contributed by atoms with E-state index in [0.29, 0.717) is 0 Å². The molecule has 2 N–H and O–H groups in total. The van der Waals surface area contributed by atoms with E-state index in [9.17, 15) is 13.5 Å². The normalized spacial score (nSPS) is 21.7. The van der Waals surface area contributed by atoms with Crippen molar-refractivity contribution in [3.63, 3.8) is 0 Å². The van der Waals surface area contributed by atoms with Gasteiger partial charge in [0.05, 0.1) is 5.75 Å². The SMILES string of the molecule is CCS(=O)(=O)CC(C)NCC1(CO)CCCCC1. The highest BCUT2D eigenvalue weighted by Gasteiger charge is 2.31. The number of aliphatic hydroxyl groups is 1. The van der Waals surface area contributed by atoms with Crippen LogP contribution in [0.4, 0.5) is 0 Å². The minimum absolute atomic E-state index is 0.0253. The quantitative estimate of drug-likeness (QED) is 0.737. The fourth-order valence-electron chi connectivity index (χ4n) is 2.64.